The average Bonchev–Trinajstić information content (AvgIpc) is 2.25. The van der Waals surface area contributed by atoms with Gasteiger partial charge in [-0.1, -0.05) is 65.4 Å². The summed E-state index contributed by atoms with van der Waals surface area (Å²) in [5, 5.41) is 10.9. The molecule has 0 saturated carbocycles. The van der Waals surface area contributed by atoms with Gasteiger partial charge in [-0.05, 0) is 47.8 Å². The van der Waals surface area contributed by atoms with Crippen LogP contribution in [-0.2, 0) is 22.0 Å². The lowest BCUT2D eigenvalue weighted by molar-refractivity contribution is -0.109. The van der Waals surface area contributed by atoms with Crippen LogP contribution in [0.25, 0.3) is 0 Å². The van der Waals surface area contributed by atoms with Crippen molar-refractivity contribution in [1.82, 2.24) is 0 Å². The molecule has 1 aromatic rings. The summed E-state index contributed by atoms with van der Waals surface area (Å²) in [4.78, 5) is 11.5. The summed E-state index contributed by atoms with van der Waals surface area (Å²) in [5.74, 6) is 0.408. The van der Waals surface area contributed by atoms with Crippen LogP contribution in [0.15, 0.2) is 12.1 Å². The third kappa shape index (κ3) is 5.56. The highest BCUT2D eigenvalue weighted by molar-refractivity contribution is 8.14. The average molecular weight is 337 g/mol. The number of thioether (sulfide) groups is 1. The van der Waals surface area contributed by atoms with Gasteiger partial charge in [0.1, 0.15) is 5.75 Å². The monoisotopic (exact) mass is 336 g/mol. The molecule has 0 saturated heterocycles. The van der Waals surface area contributed by atoms with Gasteiger partial charge in [-0.15, -0.1) is 0 Å². The van der Waals surface area contributed by atoms with E-state index in [1.807, 2.05) is 0 Å². The summed E-state index contributed by atoms with van der Waals surface area (Å²) in [5.41, 5.74) is 2.87. The summed E-state index contributed by atoms with van der Waals surface area (Å²) in [6.07, 6.45) is 0.795. The van der Waals surface area contributed by atoms with E-state index < -0.39 is 0 Å². The Hall–Kier alpha value is -0.960. The van der Waals surface area contributed by atoms with Crippen molar-refractivity contribution in [2.24, 2.45) is 0 Å². The van der Waals surface area contributed by atoms with Crippen molar-refractivity contribution < 1.29 is 9.90 Å². The summed E-state index contributed by atoms with van der Waals surface area (Å²) in [6.45, 7) is 18.5. The smallest absolute Gasteiger partial charge is 0.186 e. The number of hydrogen-bond donors (Lipinski definition) is 1. The number of phenols is 1. The molecule has 2 nitrogen and oxygen atoms in total. The van der Waals surface area contributed by atoms with Gasteiger partial charge in [-0.3, -0.25) is 4.79 Å². The second-order valence-electron chi connectivity index (χ2n) is 9.07. The number of carbonyl (C=O) groups excluding carboxylic acids is 1. The van der Waals surface area contributed by atoms with E-state index in [0.29, 0.717) is 5.75 Å². The molecule has 0 unspecified atom stereocenters. The fraction of sp³-hybridized carbons (Fsp3) is 0.650. The Kier molecular flexibility index (Phi) is 5.68. The molecule has 23 heavy (non-hydrogen) atoms. The first-order chi connectivity index (χ1) is 10.1. The van der Waals surface area contributed by atoms with Crippen molar-refractivity contribution >= 4 is 16.9 Å². The molecule has 0 aromatic heterocycles. The highest BCUT2D eigenvalue weighted by atomic mass is 32.2. The summed E-state index contributed by atoms with van der Waals surface area (Å²) < 4.78 is -0.160. The molecule has 130 valence electrons. The van der Waals surface area contributed by atoms with Gasteiger partial charge >= 0.3 is 0 Å². The van der Waals surface area contributed by atoms with E-state index in [2.05, 4.69) is 67.5 Å². The van der Waals surface area contributed by atoms with Gasteiger partial charge in [0.15, 0.2) is 5.12 Å². The Morgan fingerprint density at radius 1 is 0.957 bits per heavy atom. The number of benzene rings is 1. The van der Waals surface area contributed by atoms with Crippen molar-refractivity contribution in [3.8, 4) is 5.75 Å². The number of aromatic hydroxyl groups is 1. The van der Waals surface area contributed by atoms with Crippen LogP contribution in [0.4, 0.5) is 0 Å². The van der Waals surface area contributed by atoms with Gasteiger partial charge in [0.2, 0.25) is 0 Å². The Morgan fingerprint density at radius 2 is 1.35 bits per heavy atom. The number of hydrogen-bond acceptors (Lipinski definition) is 3. The van der Waals surface area contributed by atoms with E-state index in [1.54, 1.807) is 6.92 Å². The lowest BCUT2D eigenvalue weighted by Gasteiger charge is -2.30. The zero-order chi connectivity index (χ0) is 18.2. The molecule has 0 aliphatic carbocycles. The fourth-order valence-electron chi connectivity index (χ4n) is 2.86. The maximum absolute atomic E-state index is 11.5. The van der Waals surface area contributed by atoms with Gasteiger partial charge in [-0.25, -0.2) is 0 Å². The van der Waals surface area contributed by atoms with Crippen LogP contribution in [0.1, 0.15) is 79.0 Å². The number of rotatable bonds is 3. The van der Waals surface area contributed by atoms with Gasteiger partial charge < -0.3 is 5.11 Å². The zero-order valence-corrected chi connectivity index (χ0v) is 16.9. The molecule has 0 atom stereocenters. The summed E-state index contributed by atoms with van der Waals surface area (Å²) >= 11 is 1.38. The van der Waals surface area contributed by atoms with Crippen molar-refractivity contribution in [3.63, 3.8) is 0 Å². The second-order valence-corrected chi connectivity index (χ2v) is 11.0. The zero-order valence-electron chi connectivity index (χ0n) is 16.1. The van der Waals surface area contributed by atoms with Crippen LogP contribution in [0.2, 0.25) is 0 Å². The molecular formula is C20H32O2S. The van der Waals surface area contributed by atoms with E-state index in [-0.39, 0.29) is 20.7 Å². The predicted molar refractivity (Wildman–Crippen MR) is 102 cm³/mol. The van der Waals surface area contributed by atoms with Crippen LogP contribution < -0.4 is 0 Å². The number of phenolic OH excluding ortho intramolecular Hbond substituents is 1. The van der Waals surface area contributed by atoms with E-state index in [0.717, 1.165) is 17.5 Å². The third-order valence-electron chi connectivity index (χ3n) is 3.84. The molecule has 1 aromatic carbocycles. The molecule has 0 aliphatic rings. The second kappa shape index (κ2) is 6.51. The topological polar surface area (TPSA) is 37.3 Å². The standard InChI is InChI=1S/C20H32O2S/c1-13(21)23-20(8,9)12-14-10-15(18(2,3)4)17(22)16(11-14)19(5,6)7/h10-11,22H,12H2,1-9H3. The lowest BCUT2D eigenvalue weighted by Crippen LogP contribution is -2.23. The van der Waals surface area contributed by atoms with E-state index >= 15 is 0 Å². The van der Waals surface area contributed by atoms with Crippen molar-refractivity contribution in [2.75, 3.05) is 0 Å². The largest absolute Gasteiger partial charge is 0.507 e. The molecule has 0 spiro atoms. The third-order valence-corrected chi connectivity index (χ3v) is 4.82. The molecule has 1 rings (SSSR count). The predicted octanol–water partition coefficient (Wildman–Crippen LogP) is 5.59. The molecule has 0 aliphatic heterocycles. The fourth-order valence-corrected chi connectivity index (χ4v) is 3.87. The first kappa shape index (κ1) is 20.1. The minimum absolute atomic E-state index is 0.127. The highest BCUT2D eigenvalue weighted by Gasteiger charge is 2.28. The summed E-state index contributed by atoms with van der Waals surface area (Å²) in [7, 11) is 0. The minimum atomic E-state index is -0.160. The highest BCUT2D eigenvalue weighted by Crippen LogP contribution is 2.41. The molecule has 3 heteroatoms. The van der Waals surface area contributed by atoms with Crippen molar-refractivity contribution in [2.45, 2.75) is 84.3 Å². The molecule has 0 fully saturated rings. The quantitative estimate of drug-likeness (QED) is 0.782. The van der Waals surface area contributed by atoms with Gasteiger partial charge in [0.05, 0.1) is 0 Å². The van der Waals surface area contributed by atoms with E-state index in [9.17, 15) is 9.90 Å². The maximum Gasteiger partial charge on any atom is 0.186 e. The molecule has 1 N–H and O–H groups in total. The minimum Gasteiger partial charge on any atom is -0.507 e. The maximum atomic E-state index is 11.5. The Morgan fingerprint density at radius 3 is 1.65 bits per heavy atom. The van der Waals surface area contributed by atoms with Crippen LogP contribution in [0, 0.1) is 0 Å². The molecule has 0 heterocycles. The van der Waals surface area contributed by atoms with Crippen LogP contribution in [0.5, 0.6) is 5.75 Å². The first-order valence-electron chi connectivity index (χ1n) is 8.20. The lowest BCUT2D eigenvalue weighted by atomic mass is 9.77. The Labute approximate surface area is 146 Å². The molecule has 0 bridgehead atoms. The van der Waals surface area contributed by atoms with E-state index in [4.69, 9.17) is 0 Å². The normalized spacial score (nSPS) is 13.3. The van der Waals surface area contributed by atoms with Crippen LogP contribution in [0.3, 0.4) is 0 Å². The molecular weight excluding hydrogens is 304 g/mol. The van der Waals surface area contributed by atoms with E-state index in [1.165, 1.54) is 17.3 Å². The Bertz CT molecular complexity index is 552. The van der Waals surface area contributed by atoms with Crippen LogP contribution >= 0.6 is 11.8 Å². The Balaban J connectivity index is 3.42. The molecule has 0 radical (unpaired) electrons. The van der Waals surface area contributed by atoms with Crippen molar-refractivity contribution in [3.05, 3.63) is 28.8 Å². The van der Waals surface area contributed by atoms with Crippen molar-refractivity contribution in [1.29, 1.82) is 0 Å². The van der Waals surface area contributed by atoms with Gasteiger partial charge in [0.25, 0.3) is 0 Å². The number of carbonyl (C=O) groups is 1. The molecule has 0 amide bonds. The summed E-state index contributed by atoms with van der Waals surface area (Å²) in [6, 6.07) is 4.21. The SMILES string of the molecule is CC(=O)SC(C)(C)Cc1cc(C(C)(C)C)c(O)c(C(C)(C)C)c1. The van der Waals surface area contributed by atoms with Gasteiger partial charge in [0, 0.05) is 11.7 Å². The first-order valence-corrected chi connectivity index (χ1v) is 9.01. The van der Waals surface area contributed by atoms with Crippen LogP contribution in [-0.4, -0.2) is 15.0 Å². The van der Waals surface area contributed by atoms with Gasteiger partial charge in [-0.2, -0.15) is 0 Å².